The molecule has 5 rings (SSSR count). The maximum absolute atomic E-state index is 4.70. The van der Waals surface area contributed by atoms with Crippen molar-refractivity contribution in [3.8, 4) is 0 Å². The zero-order valence-electron chi connectivity index (χ0n) is 12.3. The highest BCUT2D eigenvalue weighted by Gasteiger charge is 2.56. The summed E-state index contributed by atoms with van der Waals surface area (Å²) in [6.07, 6.45) is 12.6. The minimum Gasteiger partial charge on any atom is -0.315 e. The lowest BCUT2D eigenvalue weighted by Crippen LogP contribution is -2.31. The third-order valence-corrected chi connectivity index (χ3v) is 6.66. The van der Waals surface area contributed by atoms with Gasteiger partial charge in [0.1, 0.15) is 11.6 Å². The van der Waals surface area contributed by atoms with Crippen LogP contribution in [0.4, 0.5) is 0 Å². The highest BCUT2D eigenvalue weighted by molar-refractivity contribution is 5.16. The summed E-state index contributed by atoms with van der Waals surface area (Å²) in [5, 5.41) is 9.26. The largest absolute Gasteiger partial charge is 0.315 e. The van der Waals surface area contributed by atoms with E-state index in [0.717, 1.165) is 36.0 Å². The van der Waals surface area contributed by atoms with Crippen LogP contribution in [0.3, 0.4) is 0 Å². The second-order valence-corrected chi connectivity index (χ2v) is 7.71. The molecule has 4 aliphatic rings. The Balaban J connectivity index is 1.52. The fourth-order valence-corrected chi connectivity index (χ4v) is 5.68. The molecule has 0 spiro atoms. The van der Waals surface area contributed by atoms with Crippen LogP contribution in [-0.2, 0) is 13.0 Å². The first kappa shape index (κ1) is 11.8. The molecule has 5 atom stereocenters. The van der Waals surface area contributed by atoms with Crippen molar-refractivity contribution in [3.63, 3.8) is 0 Å². The molecule has 0 radical (unpaired) electrons. The molecule has 0 saturated heterocycles. The van der Waals surface area contributed by atoms with Gasteiger partial charge < -0.3 is 4.57 Å². The van der Waals surface area contributed by atoms with Gasteiger partial charge in [-0.2, -0.15) is 0 Å². The Bertz CT molecular complexity index is 520. The molecule has 3 heteroatoms. The lowest BCUT2D eigenvalue weighted by Gasteiger charge is -2.39. The van der Waals surface area contributed by atoms with Gasteiger partial charge in [0.05, 0.1) is 0 Å². The number of hydrogen-bond donors (Lipinski definition) is 0. The summed E-state index contributed by atoms with van der Waals surface area (Å²) in [6.45, 7) is 1.18. The second kappa shape index (κ2) is 4.32. The number of aryl methyl sites for hydroxylation is 1. The fourth-order valence-electron chi connectivity index (χ4n) is 5.68. The first-order chi connectivity index (χ1) is 9.92. The molecule has 2 bridgehead atoms. The van der Waals surface area contributed by atoms with Crippen LogP contribution >= 0.6 is 0 Å². The van der Waals surface area contributed by atoms with Crippen LogP contribution < -0.4 is 0 Å². The summed E-state index contributed by atoms with van der Waals surface area (Å²) < 4.78 is 2.53. The fraction of sp³-hybridized carbons (Fsp3) is 0.882. The molecule has 2 heterocycles. The Morgan fingerprint density at radius 1 is 0.850 bits per heavy atom. The molecule has 3 nitrogen and oxygen atoms in total. The number of hydrogen-bond acceptors (Lipinski definition) is 2. The van der Waals surface area contributed by atoms with Crippen molar-refractivity contribution in [3.05, 3.63) is 11.6 Å². The van der Waals surface area contributed by atoms with Crippen LogP contribution in [0.5, 0.6) is 0 Å². The maximum atomic E-state index is 4.70. The summed E-state index contributed by atoms with van der Waals surface area (Å²) in [7, 11) is 0. The standard InChI is InChI=1S/C17H25N3/c1-2-7-15-18-19-17(20(15)8-3-1)16-12-6-4-5-11(9-12)13-10-14(13)16/h11-14,16H,1-10H2/t11-,12?,13?,14?,16?/m1/s1. The van der Waals surface area contributed by atoms with Gasteiger partial charge in [-0.15, -0.1) is 10.2 Å². The van der Waals surface area contributed by atoms with Crippen molar-refractivity contribution in [1.29, 1.82) is 0 Å². The minimum atomic E-state index is 0.760. The molecule has 1 aromatic heterocycles. The first-order valence-electron chi connectivity index (χ1n) is 8.84. The molecule has 3 aliphatic carbocycles. The van der Waals surface area contributed by atoms with Crippen molar-refractivity contribution in [2.75, 3.05) is 0 Å². The third-order valence-electron chi connectivity index (χ3n) is 6.66. The van der Waals surface area contributed by atoms with E-state index in [9.17, 15) is 0 Å². The predicted octanol–water partition coefficient (Wildman–Crippen LogP) is 3.54. The van der Waals surface area contributed by atoms with Gasteiger partial charge in [0, 0.05) is 18.9 Å². The van der Waals surface area contributed by atoms with Crippen LogP contribution in [0.1, 0.15) is 68.9 Å². The average molecular weight is 271 g/mol. The third kappa shape index (κ3) is 1.64. The van der Waals surface area contributed by atoms with Gasteiger partial charge in [0.2, 0.25) is 0 Å². The molecular formula is C17H25N3. The summed E-state index contributed by atoms with van der Waals surface area (Å²) in [5.74, 6) is 7.45. The number of nitrogens with zero attached hydrogens (tertiary/aromatic N) is 3. The zero-order valence-corrected chi connectivity index (χ0v) is 12.3. The molecule has 1 aromatic rings. The van der Waals surface area contributed by atoms with Crippen molar-refractivity contribution in [1.82, 2.24) is 14.8 Å². The highest BCUT2D eigenvalue weighted by atomic mass is 15.3. The lowest BCUT2D eigenvalue weighted by molar-refractivity contribution is 0.145. The van der Waals surface area contributed by atoms with Crippen LogP contribution in [-0.4, -0.2) is 14.8 Å². The van der Waals surface area contributed by atoms with Gasteiger partial charge in [-0.05, 0) is 55.8 Å². The van der Waals surface area contributed by atoms with Crippen molar-refractivity contribution in [2.24, 2.45) is 23.7 Å². The number of fused-ring (bicyclic) bond motifs is 5. The van der Waals surface area contributed by atoms with Gasteiger partial charge in [0.25, 0.3) is 0 Å². The van der Waals surface area contributed by atoms with Crippen molar-refractivity contribution < 1.29 is 0 Å². The number of aromatic nitrogens is 3. The Labute approximate surface area is 121 Å². The first-order valence-corrected chi connectivity index (χ1v) is 8.84. The smallest absolute Gasteiger partial charge is 0.136 e. The average Bonchev–Trinajstić information content (AvgIpc) is 3.21. The van der Waals surface area contributed by atoms with Crippen molar-refractivity contribution in [2.45, 2.75) is 70.3 Å². The minimum absolute atomic E-state index is 0.760. The monoisotopic (exact) mass is 271 g/mol. The van der Waals surface area contributed by atoms with Crippen LogP contribution in [0.2, 0.25) is 0 Å². The van der Waals surface area contributed by atoms with Crippen LogP contribution in [0, 0.1) is 23.7 Å². The molecule has 3 saturated carbocycles. The molecule has 0 amide bonds. The summed E-state index contributed by atoms with van der Waals surface area (Å²) in [5.41, 5.74) is 0. The van der Waals surface area contributed by atoms with Crippen molar-refractivity contribution >= 4 is 0 Å². The predicted molar refractivity (Wildman–Crippen MR) is 77.4 cm³/mol. The maximum Gasteiger partial charge on any atom is 0.136 e. The second-order valence-electron chi connectivity index (χ2n) is 7.71. The Morgan fingerprint density at radius 3 is 2.80 bits per heavy atom. The molecule has 108 valence electrons. The SMILES string of the molecule is C1CCc2nnc(C3C4CCC[C@H](C4)C4CC34)n2CC1. The quantitative estimate of drug-likeness (QED) is 0.782. The van der Waals surface area contributed by atoms with E-state index in [0.29, 0.717) is 0 Å². The van der Waals surface area contributed by atoms with E-state index >= 15 is 0 Å². The van der Waals surface area contributed by atoms with Gasteiger partial charge in [-0.25, -0.2) is 0 Å². The van der Waals surface area contributed by atoms with E-state index in [-0.39, 0.29) is 0 Å². The highest BCUT2D eigenvalue weighted by Crippen LogP contribution is 2.64. The zero-order chi connectivity index (χ0) is 13.1. The molecule has 20 heavy (non-hydrogen) atoms. The molecule has 0 aromatic carbocycles. The Kier molecular flexibility index (Phi) is 2.54. The van der Waals surface area contributed by atoms with Gasteiger partial charge in [0.15, 0.2) is 0 Å². The van der Waals surface area contributed by atoms with E-state index in [2.05, 4.69) is 9.67 Å². The van der Waals surface area contributed by atoms with E-state index in [4.69, 9.17) is 5.10 Å². The van der Waals surface area contributed by atoms with Gasteiger partial charge >= 0.3 is 0 Å². The molecule has 3 fully saturated rings. The van der Waals surface area contributed by atoms with Gasteiger partial charge in [-0.3, -0.25) is 0 Å². The molecule has 1 aliphatic heterocycles. The molecular weight excluding hydrogens is 246 g/mol. The van der Waals surface area contributed by atoms with Crippen LogP contribution in [0.25, 0.3) is 0 Å². The van der Waals surface area contributed by atoms with Crippen LogP contribution in [0.15, 0.2) is 0 Å². The summed E-state index contributed by atoms with van der Waals surface area (Å²) in [4.78, 5) is 0. The van der Waals surface area contributed by atoms with E-state index < -0.39 is 0 Å². The Morgan fingerprint density at radius 2 is 1.80 bits per heavy atom. The van der Waals surface area contributed by atoms with E-state index in [1.807, 2.05) is 0 Å². The van der Waals surface area contributed by atoms with E-state index in [1.165, 1.54) is 69.6 Å². The number of rotatable bonds is 1. The topological polar surface area (TPSA) is 30.7 Å². The summed E-state index contributed by atoms with van der Waals surface area (Å²) >= 11 is 0. The molecule has 0 N–H and O–H groups in total. The summed E-state index contributed by atoms with van der Waals surface area (Å²) in [6, 6.07) is 0. The Hall–Kier alpha value is -0.860. The lowest BCUT2D eigenvalue weighted by atomic mass is 9.66. The van der Waals surface area contributed by atoms with E-state index in [1.54, 1.807) is 0 Å². The molecule has 4 unspecified atom stereocenters. The normalized spacial score (nSPS) is 42.5. The van der Waals surface area contributed by atoms with Gasteiger partial charge in [-0.1, -0.05) is 19.3 Å².